The molecule has 0 aliphatic heterocycles. The van der Waals surface area contributed by atoms with Gasteiger partial charge in [-0.15, -0.1) is 0 Å². The molecule has 60 heavy (non-hydrogen) atoms. The fourth-order valence-electron chi connectivity index (χ4n) is 9.76. The summed E-state index contributed by atoms with van der Waals surface area (Å²) >= 11 is 0. The first-order valence-electron chi connectivity index (χ1n) is 21.0. The second-order valence-corrected chi connectivity index (χ2v) is 16.0. The lowest BCUT2D eigenvalue weighted by Crippen LogP contribution is -2.35. The van der Waals surface area contributed by atoms with Gasteiger partial charge in [0, 0.05) is 17.0 Å². The molecule has 0 saturated carbocycles. The van der Waals surface area contributed by atoms with Crippen LogP contribution < -0.4 is 4.90 Å². The van der Waals surface area contributed by atoms with E-state index in [1.165, 1.54) is 93.3 Å². The molecular weight excluding hydrogens is 723 g/mol. The number of nitrogens with zero attached hydrogens (tertiary/aromatic N) is 1. The Kier molecular flexibility index (Phi) is 8.94. The Balaban J connectivity index is 1.12. The van der Waals surface area contributed by atoms with Crippen LogP contribution in [0.25, 0.3) is 76.5 Å². The number of hydrogen-bond donors (Lipinski definition) is 0. The van der Waals surface area contributed by atoms with E-state index in [9.17, 15) is 0 Å². The zero-order valence-electron chi connectivity index (χ0n) is 33.5. The Morgan fingerprint density at radius 1 is 0.367 bits per heavy atom. The number of rotatable bonds is 7. The molecule has 1 nitrogen and oxygen atoms in total. The third-order valence-electron chi connectivity index (χ3n) is 12.6. The second-order valence-electron chi connectivity index (χ2n) is 16.0. The van der Waals surface area contributed by atoms with Crippen LogP contribution in [-0.4, -0.2) is 6.04 Å². The van der Waals surface area contributed by atoms with Crippen molar-refractivity contribution in [2.75, 3.05) is 4.90 Å². The molecule has 284 valence electrons. The molecule has 1 aliphatic carbocycles. The normalized spacial score (nSPS) is 14.9. The Morgan fingerprint density at radius 2 is 0.900 bits per heavy atom. The summed E-state index contributed by atoms with van der Waals surface area (Å²) in [6.07, 6.45) is 9.22. The fraction of sp³-hybridized carbons (Fsp3) is 0.0508. The first-order chi connectivity index (χ1) is 29.7. The van der Waals surface area contributed by atoms with Gasteiger partial charge in [-0.05, 0) is 107 Å². The fourth-order valence-corrected chi connectivity index (χ4v) is 9.76. The molecule has 2 unspecified atom stereocenters. The van der Waals surface area contributed by atoms with Crippen molar-refractivity contribution >= 4 is 54.5 Å². The van der Waals surface area contributed by atoms with E-state index >= 15 is 0 Å². The van der Waals surface area contributed by atoms with Crippen LogP contribution in [0.2, 0.25) is 0 Å². The van der Waals surface area contributed by atoms with Crippen molar-refractivity contribution in [1.82, 2.24) is 0 Å². The average molecular weight is 766 g/mol. The maximum atomic E-state index is 2.61. The molecule has 0 fully saturated rings. The van der Waals surface area contributed by atoms with Crippen LogP contribution in [0.1, 0.15) is 17.0 Å². The van der Waals surface area contributed by atoms with Crippen molar-refractivity contribution in [3.05, 3.63) is 242 Å². The number of anilines is 2. The van der Waals surface area contributed by atoms with Crippen LogP contribution >= 0.6 is 0 Å². The second kappa shape index (κ2) is 15.0. The van der Waals surface area contributed by atoms with E-state index in [0.29, 0.717) is 0 Å². The minimum atomic E-state index is -0.000609. The first-order valence-corrected chi connectivity index (χ1v) is 21.0. The van der Waals surface area contributed by atoms with Gasteiger partial charge < -0.3 is 4.90 Å². The van der Waals surface area contributed by atoms with Crippen LogP contribution in [0.5, 0.6) is 0 Å². The highest BCUT2D eigenvalue weighted by Crippen LogP contribution is 2.46. The van der Waals surface area contributed by atoms with Crippen LogP contribution in [0.15, 0.2) is 231 Å². The quantitative estimate of drug-likeness (QED) is 0.146. The molecule has 0 bridgehead atoms. The van der Waals surface area contributed by atoms with Crippen molar-refractivity contribution in [2.45, 2.75) is 18.9 Å². The average Bonchev–Trinajstić information content (AvgIpc) is 3.32. The van der Waals surface area contributed by atoms with Crippen molar-refractivity contribution in [3.63, 3.8) is 0 Å². The molecule has 0 radical (unpaired) electrons. The van der Waals surface area contributed by atoms with Gasteiger partial charge in [0.15, 0.2) is 0 Å². The van der Waals surface area contributed by atoms with Gasteiger partial charge in [0.1, 0.15) is 0 Å². The van der Waals surface area contributed by atoms with E-state index in [-0.39, 0.29) is 12.0 Å². The van der Waals surface area contributed by atoms with Gasteiger partial charge in [0.2, 0.25) is 0 Å². The number of aryl methyl sites for hydroxylation is 1. The molecular formula is C59H43N. The summed E-state index contributed by atoms with van der Waals surface area (Å²) in [5.41, 5.74) is 12.3. The van der Waals surface area contributed by atoms with Crippen molar-refractivity contribution < 1.29 is 0 Å². The first kappa shape index (κ1) is 35.7. The van der Waals surface area contributed by atoms with Gasteiger partial charge in [0.05, 0.1) is 11.7 Å². The number of allylic oxidation sites excluding steroid dienone is 2. The van der Waals surface area contributed by atoms with E-state index in [1.54, 1.807) is 0 Å². The molecule has 10 aromatic rings. The van der Waals surface area contributed by atoms with Gasteiger partial charge in [0.25, 0.3) is 0 Å². The Bertz CT molecular complexity index is 3200. The van der Waals surface area contributed by atoms with Gasteiger partial charge in [-0.25, -0.2) is 0 Å². The smallest absolute Gasteiger partial charge is 0.0628 e. The minimum Gasteiger partial charge on any atom is -0.333 e. The van der Waals surface area contributed by atoms with Crippen molar-refractivity contribution in [3.8, 4) is 33.4 Å². The zero-order valence-corrected chi connectivity index (χ0v) is 33.5. The van der Waals surface area contributed by atoms with Crippen molar-refractivity contribution in [2.24, 2.45) is 0 Å². The minimum absolute atomic E-state index is 0.000609. The number of fused-ring (bicyclic) bond motifs is 7. The summed E-state index contributed by atoms with van der Waals surface area (Å²) < 4.78 is 0. The van der Waals surface area contributed by atoms with Crippen LogP contribution in [0, 0.1) is 6.92 Å². The SMILES string of the molecule is Cc1cccc2c(-c3ccc(N(c4cccc5c6ccccc6c6ccccc6c45)C4C=CC=CC4c4ccc(-c5ccccc5)cc4)cc3)c(-c3ccccc3)ccc12. The summed E-state index contributed by atoms with van der Waals surface area (Å²) in [4.78, 5) is 2.61. The maximum Gasteiger partial charge on any atom is 0.0628 e. The molecule has 1 aliphatic rings. The van der Waals surface area contributed by atoms with Gasteiger partial charge >= 0.3 is 0 Å². The molecule has 0 amide bonds. The predicted octanol–water partition coefficient (Wildman–Crippen LogP) is 16.0. The molecule has 0 heterocycles. The highest BCUT2D eigenvalue weighted by molar-refractivity contribution is 6.28. The monoisotopic (exact) mass is 765 g/mol. The maximum absolute atomic E-state index is 2.61. The van der Waals surface area contributed by atoms with Gasteiger partial charge in [-0.1, -0.05) is 212 Å². The number of hydrogen-bond acceptors (Lipinski definition) is 1. The summed E-state index contributed by atoms with van der Waals surface area (Å²) in [7, 11) is 0. The lowest BCUT2D eigenvalue weighted by molar-refractivity contribution is 0.691. The third kappa shape index (κ3) is 6.10. The third-order valence-corrected chi connectivity index (χ3v) is 12.6. The van der Waals surface area contributed by atoms with E-state index in [4.69, 9.17) is 0 Å². The molecule has 1 heteroatoms. The lowest BCUT2D eigenvalue weighted by atomic mass is 9.85. The largest absolute Gasteiger partial charge is 0.333 e. The predicted molar refractivity (Wildman–Crippen MR) is 257 cm³/mol. The highest BCUT2D eigenvalue weighted by atomic mass is 15.2. The van der Waals surface area contributed by atoms with E-state index < -0.39 is 0 Å². The molecule has 11 rings (SSSR count). The Morgan fingerprint density at radius 3 is 1.60 bits per heavy atom. The summed E-state index contributed by atoms with van der Waals surface area (Å²) in [5, 5.41) is 10.2. The Labute approximate surface area is 351 Å². The van der Waals surface area contributed by atoms with E-state index in [1.807, 2.05) is 0 Å². The molecule has 0 saturated heterocycles. The molecule has 10 aromatic carbocycles. The highest BCUT2D eigenvalue weighted by Gasteiger charge is 2.30. The van der Waals surface area contributed by atoms with Crippen LogP contribution in [-0.2, 0) is 0 Å². The molecule has 0 N–H and O–H groups in total. The number of benzene rings is 10. The summed E-state index contributed by atoms with van der Waals surface area (Å²) in [6.45, 7) is 2.21. The van der Waals surface area contributed by atoms with Gasteiger partial charge in [-0.3, -0.25) is 0 Å². The summed E-state index contributed by atoms with van der Waals surface area (Å²) in [6, 6.07) is 76.0. The zero-order chi connectivity index (χ0) is 40.0. The van der Waals surface area contributed by atoms with E-state index in [0.717, 1.165) is 5.69 Å². The van der Waals surface area contributed by atoms with Crippen molar-refractivity contribution in [1.29, 1.82) is 0 Å². The molecule has 2 atom stereocenters. The lowest BCUT2D eigenvalue weighted by Gasteiger charge is -2.38. The standard InChI is InChI=1S/C59H43N/c1-40-16-14-26-53-47(40)38-39-49(43-19-6-3-7-20-43)58(53)45-34-36-46(37-35-45)60(56-28-13-12-21-48(56)44-32-30-42(31-33-44)41-17-4-2-5-18-41)57-29-15-27-55-52-23-9-8-22-50(52)51-24-10-11-25-54(51)59(55)57/h2-39,48,56H,1H3. The molecule has 0 spiro atoms. The van der Waals surface area contributed by atoms with Gasteiger partial charge in [-0.2, -0.15) is 0 Å². The van der Waals surface area contributed by atoms with E-state index in [2.05, 4.69) is 242 Å². The van der Waals surface area contributed by atoms with Crippen LogP contribution in [0.4, 0.5) is 11.4 Å². The van der Waals surface area contributed by atoms with Crippen LogP contribution in [0.3, 0.4) is 0 Å². The Hall–Kier alpha value is -7.48. The molecule has 0 aromatic heterocycles. The topological polar surface area (TPSA) is 3.24 Å². The summed E-state index contributed by atoms with van der Waals surface area (Å²) in [5.74, 6) is 0.104.